The normalized spacial score (nSPS) is 13.6. The first-order chi connectivity index (χ1) is 22.1. The molecule has 272 valence electrons. The molecule has 0 aromatic heterocycles. The van der Waals surface area contributed by atoms with Crippen molar-refractivity contribution in [3.8, 4) is 34.5 Å². The molecule has 0 aliphatic heterocycles. The smallest absolute Gasteiger partial charge is 1.00 e. The predicted octanol–water partition coefficient (Wildman–Crippen LogP) is -2.00. The Morgan fingerprint density at radius 1 is 0.400 bits per heavy atom. The molecular formula is C39H51Cl3O6SiTi. The van der Waals surface area contributed by atoms with Crippen LogP contribution < -0.4 is 81.2 Å². The van der Waals surface area contributed by atoms with E-state index in [2.05, 4.69) is 108 Å². The summed E-state index contributed by atoms with van der Waals surface area (Å²) in [6.45, 7) is 21.9. The van der Waals surface area contributed by atoms with Gasteiger partial charge in [0.2, 0.25) is 0 Å². The molecule has 3 aromatic rings. The molecule has 0 unspecified atom stereocenters. The number of aryl methyl sites for hydroxylation is 6. The molecule has 0 N–H and O–H groups in total. The molecule has 1 aliphatic rings. The molecule has 0 saturated carbocycles. The number of hydrogen-bond donors (Lipinski definition) is 0. The minimum atomic E-state index is -3.60. The second-order valence-corrected chi connectivity index (χ2v) is 18.6. The van der Waals surface area contributed by atoms with E-state index < -0.39 is 11.4 Å². The van der Waals surface area contributed by atoms with Gasteiger partial charge in [-0.25, -0.2) is 0 Å². The molecule has 0 heterocycles. The summed E-state index contributed by atoms with van der Waals surface area (Å²) in [5.74, 6) is 4.33. The van der Waals surface area contributed by atoms with Crippen molar-refractivity contribution in [2.75, 3.05) is 42.7 Å². The maximum absolute atomic E-state index is 6.53. The number of halogens is 3. The van der Waals surface area contributed by atoms with Gasteiger partial charge in [-0.15, -0.1) is 0 Å². The van der Waals surface area contributed by atoms with Gasteiger partial charge in [-0.1, -0.05) is 0 Å². The maximum Gasteiger partial charge on any atom is -1.00 e. The van der Waals surface area contributed by atoms with Crippen molar-refractivity contribution in [3.63, 3.8) is 0 Å². The summed E-state index contributed by atoms with van der Waals surface area (Å²) in [5.41, 5.74) is 11.6. The van der Waals surface area contributed by atoms with Crippen LogP contribution >= 0.6 is 0 Å². The van der Waals surface area contributed by atoms with Gasteiger partial charge >= 0.3 is 296 Å². The fourth-order valence-electron chi connectivity index (χ4n) is 8.45. The molecule has 50 heavy (non-hydrogen) atoms. The van der Waals surface area contributed by atoms with Crippen LogP contribution in [-0.2, 0) is 20.4 Å². The van der Waals surface area contributed by atoms with Crippen molar-refractivity contribution in [1.82, 2.24) is 0 Å². The van der Waals surface area contributed by atoms with E-state index in [1.54, 1.807) is 42.7 Å². The van der Waals surface area contributed by atoms with E-state index in [0.717, 1.165) is 83.4 Å². The molecule has 6 nitrogen and oxygen atoms in total. The Balaban J connectivity index is 0.00000417. The van der Waals surface area contributed by atoms with Crippen molar-refractivity contribution in [2.45, 2.75) is 72.6 Å². The molecule has 0 fully saturated rings. The van der Waals surface area contributed by atoms with E-state index in [1.807, 2.05) is 0 Å². The Labute approximate surface area is 331 Å². The zero-order chi connectivity index (χ0) is 35.3. The van der Waals surface area contributed by atoms with Crippen molar-refractivity contribution in [1.29, 1.82) is 0 Å². The summed E-state index contributed by atoms with van der Waals surface area (Å²) in [6, 6.07) is 6.69. The number of rotatable bonds is 10. The van der Waals surface area contributed by atoms with Crippen LogP contribution in [0.4, 0.5) is 0 Å². The van der Waals surface area contributed by atoms with Crippen LogP contribution in [0.5, 0.6) is 34.5 Å². The number of methoxy groups -OCH3 is 6. The SMILES string of the molecule is COc1c(C)cc(C)c([Si](c2c(C)cc(C)c(OC)c2OC)(c2c(C)cc(C)c(OC)c2OC)[C]2([Ti+3])C(C)=C(C)C(C)=C2C)c1OC.[Cl-].[Cl-].[Cl-]. The first-order valence-corrected chi connectivity index (χ1v) is 18.7. The Hall–Kier alpha value is -2.26. The van der Waals surface area contributed by atoms with Crippen molar-refractivity contribution >= 4 is 23.6 Å². The standard InChI is InChI=1S/C39H51O6Si.3ClH.Ti/c1-20-17-23(4)36(33(43-14)30(20)40-11)46(39-28(9)26(7)27(8)29(39)10,37-24(5)18-21(2)31(41-12)34(37)44-15)38-25(6)19-22(3)32(42-13)35(38)45-16;;;;/h17-19H,1-16H3;3*1H;/q;;;;+3/p-3. The van der Waals surface area contributed by atoms with E-state index in [-0.39, 0.29) is 37.2 Å². The predicted molar refractivity (Wildman–Crippen MR) is 191 cm³/mol. The van der Waals surface area contributed by atoms with E-state index in [9.17, 15) is 0 Å². The van der Waals surface area contributed by atoms with Gasteiger partial charge < -0.3 is 37.2 Å². The molecule has 0 spiro atoms. The average molecular weight is 798 g/mol. The molecule has 0 saturated heterocycles. The maximum atomic E-state index is 6.53. The van der Waals surface area contributed by atoms with Crippen LogP contribution in [0.1, 0.15) is 61.1 Å². The summed E-state index contributed by atoms with van der Waals surface area (Å²) < 4.78 is 37.6. The van der Waals surface area contributed by atoms with Crippen LogP contribution in [-0.4, -0.2) is 50.7 Å². The van der Waals surface area contributed by atoms with Crippen LogP contribution in [0.15, 0.2) is 40.5 Å². The third kappa shape index (κ3) is 6.28. The topological polar surface area (TPSA) is 55.4 Å². The van der Waals surface area contributed by atoms with Crippen LogP contribution in [0.3, 0.4) is 0 Å². The molecule has 0 bridgehead atoms. The number of hydrogen-bond acceptors (Lipinski definition) is 6. The number of ether oxygens (including phenoxy) is 6. The second-order valence-electron chi connectivity index (χ2n) is 12.9. The molecule has 4 rings (SSSR count). The first kappa shape index (κ1) is 45.8. The van der Waals surface area contributed by atoms with E-state index in [1.165, 1.54) is 22.3 Å². The van der Waals surface area contributed by atoms with E-state index in [0.29, 0.717) is 0 Å². The summed E-state index contributed by atoms with van der Waals surface area (Å²) >= 11 is 2.42. The summed E-state index contributed by atoms with van der Waals surface area (Å²) in [4.78, 5) is 0. The van der Waals surface area contributed by atoms with Gasteiger partial charge in [0.25, 0.3) is 0 Å². The number of benzene rings is 3. The molecule has 11 heteroatoms. The van der Waals surface area contributed by atoms with Crippen molar-refractivity contribution < 1.29 is 86.1 Å². The van der Waals surface area contributed by atoms with E-state index >= 15 is 0 Å². The van der Waals surface area contributed by atoms with Gasteiger partial charge in [0, 0.05) is 0 Å². The zero-order valence-electron chi connectivity index (χ0n) is 32.3. The Kier molecular flexibility index (Phi) is 15.6. The van der Waals surface area contributed by atoms with Crippen molar-refractivity contribution in [3.05, 3.63) is 73.9 Å². The molecular weight excluding hydrogens is 747 g/mol. The largest absolute Gasteiger partial charge is 1.00 e. The van der Waals surface area contributed by atoms with Crippen LogP contribution in [0.25, 0.3) is 0 Å². The van der Waals surface area contributed by atoms with Gasteiger partial charge in [0.05, 0.1) is 0 Å². The first-order valence-electron chi connectivity index (χ1n) is 15.9. The van der Waals surface area contributed by atoms with Gasteiger partial charge in [-0.05, 0) is 0 Å². The fourth-order valence-corrected chi connectivity index (χ4v) is 17.8. The van der Waals surface area contributed by atoms with Gasteiger partial charge in [-0.3, -0.25) is 0 Å². The van der Waals surface area contributed by atoms with Crippen LogP contribution in [0, 0.1) is 41.5 Å². The van der Waals surface area contributed by atoms with Gasteiger partial charge in [0.1, 0.15) is 0 Å². The molecule has 1 aliphatic carbocycles. The van der Waals surface area contributed by atoms with E-state index in [4.69, 9.17) is 28.4 Å². The summed E-state index contributed by atoms with van der Waals surface area (Å²) in [6.07, 6.45) is 0. The minimum absolute atomic E-state index is 0. The monoisotopic (exact) mass is 796 g/mol. The van der Waals surface area contributed by atoms with Gasteiger partial charge in [-0.2, -0.15) is 0 Å². The van der Waals surface area contributed by atoms with Crippen molar-refractivity contribution in [2.24, 2.45) is 0 Å². The minimum Gasteiger partial charge on any atom is -1.00 e. The Bertz CT molecular complexity index is 1650. The third-order valence-corrected chi connectivity index (χ3v) is 19.5. The Morgan fingerprint density at radius 2 is 0.620 bits per heavy atom. The molecule has 3 aromatic carbocycles. The quantitative estimate of drug-likeness (QED) is 0.175. The zero-order valence-corrected chi connectivity index (χ0v) is 37.1. The molecule has 0 amide bonds. The molecule has 0 radical (unpaired) electrons. The second kappa shape index (κ2) is 17.0. The Morgan fingerprint density at radius 3 is 0.820 bits per heavy atom. The fraction of sp³-hybridized carbons (Fsp3) is 0.436. The summed E-state index contributed by atoms with van der Waals surface area (Å²) in [5, 5.41) is 3.31. The molecule has 0 atom stereocenters. The average Bonchev–Trinajstić information content (AvgIpc) is 3.17. The van der Waals surface area contributed by atoms with Gasteiger partial charge in [0.15, 0.2) is 0 Å². The third-order valence-electron chi connectivity index (χ3n) is 10.6. The van der Waals surface area contributed by atoms with Crippen LogP contribution in [0.2, 0.25) is 3.34 Å². The summed E-state index contributed by atoms with van der Waals surface area (Å²) in [7, 11) is 6.80. The number of allylic oxidation sites excluding steroid dienone is 4.